The summed E-state index contributed by atoms with van der Waals surface area (Å²) < 4.78 is 5.76. The molecule has 0 saturated carbocycles. The Bertz CT molecular complexity index is 589. The largest absolute Gasteiger partial charge is 0.370 e. The predicted octanol–water partition coefficient (Wildman–Crippen LogP) is 1.62. The van der Waals surface area contributed by atoms with Crippen LogP contribution in [0.3, 0.4) is 0 Å². The first-order valence-electron chi connectivity index (χ1n) is 7.01. The van der Waals surface area contributed by atoms with Crippen molar-refractivity contribution < 1.29 is 9.53 Å². The number of ether oxygens (including phenoxy) is 1. The highest BCUT2D eigenvalue weighted by atomic mass is 16.5. The first kappa shape index (κ1) is 13.7. The monoisotopic (exact) mass is 283 g/mol. The number of amides is 1. The molecule has 2 aromatic heterocycles. The van der Waals surface area contributed by atoms with E-state index in [0.29, 0.717) is 26.1 Å². The number of hydrogen-bond acceptors (Lipinski definition) is 4. The van der Waals surface area contributed by atoms with Crippen LogP contribution in [0.1, 0.15) is 17.2 Å². The zero-order chi connectivity index (χ0) is 14.5. The summed E-state index contributed by atoms with van der Waals surface area (Å²) in [5.41, 5.74) is 2.00. The summed E-state index contributed by atoms with van der Waals surface area (Å²) in [4.78, 5) is 22.3. The zero-order valence-electron chi connectivity index (χ0n) is 11.7. The maximum atomic E-state index is 12.4. The second-order valence-corrected chi connectivity index (χ2v) is 5.02. The van der Waals surface area contributed by atoms with Crippen molar-refractivity contribution in [2.24, 2.45) is 0 Å². The molecule has 5 nitrogen and oxygen atoms in total. The lowest BCUT2D eigenvalue weighted by molar-refractivity contribution is -0.138. The second kappa shape index (κ2) is 6.45. The summed E-state index contributed by atoms with van der Waals surface area (Å²) >= 11 is 0. The maximum Gasteiger partial charge on any atom is 0.227 e. The summed E-state index contributed by atoms with van der Waals surface area (Å²) in [7, 11) is 0. The molecule has 5 heteroatoms. The third-order valence-electron chi connectivity index (χ3n) is 3.58. The zero-order valence-corrected chi connectivity index (χ0v) is 11.7. The SMILES string of the molecule is O=C(Cc1cccnc1)N1CCO[C@H](c2ccncc2)C1. The topological polar surface area (TPSA) is 55.3 Å². The summed E-state index contributed by atoms with van der Waals surface area (Å²) in [6, 6.07) is 7.63. The minimum Gasteiger partial charge on any atom is -0.370 e. The van der Waals surface area contributed by atoms with Gasteiger partial charge in [-0.05, 0) is 29.3 Å². The maximum absolute atomic E-state index is 12.4. The number of carbonyl (C=O) groups is 1. The molecule has 1 amide bonds. The molecule has 0 radical (unpaired) electrons. The van der Waals surface area contributed by atoms with Crippen LogP contribution >= 0.6 is 0 Å². The van der Waals surface area contributed by atoms with Gasteiger partial charge in [-0.3, -0.25) is 14.8 Å². The van der Waals surface area contributed by atoms with Crippen molar-refractivity contribution >= 4 is 5.91 Å². The smallest absolute Gasteiger partial charge is 0.227 e. The van der Waals surface area contributed by atoms with Crippen LogP contribution in [0.2, 0.25) is 0 Å². The number of nitrogens with zero attached hydrogens (tertiary/aromatic N) is 3. The Hall–Kier alpha value is -2.27. The summed E-state index contributed by atoms with van der Waals surface area (Å²) in [5.74, 6) is 0.116. The Morgan fingerprint density at radius 3 is 2.86 bits per heavy atom. The Kier molecular flexibility index (Phi) is 4.21. The number of rotatable bonds is 3. The predicted molar refractivity (Wildman–Crippen MR) is 77.5 cm³/mol. The van der Waals surface area contributed by atoms with E-state index in [-0.39, 0.29) is 12.0 Å². The molecule has 0 aliphatic carbocycles. The second-order valence-electron chi connectivity index (χ2n) is 5.02. The highest BCUT2D eigenvalue weighted by Crippen LogP contribution is 2.21. The van der Waals surface area contributed by atoms with Gasteiger partial charge in [0, 0.05) is 31.3 Å². The van der Waals surface area contributed by atoms with Crippen molar-refractivity contribution in [1.82, 2.24) is 14.9 Å². The molecule has 0 aromatic carbocycles. The third kappa shape index (κ3) is 3.44. The standard InChI is InChI=1S/C16H17N3O2/c20-16(10-13-2-1-5-18-11-13)19-8-9-21-15(12-19)14-3-6-17-7-4-14/h1-7,11,15H,8-10,12H2/t15-/m0/s1. The van der Waals surface area contributed by atoms with Crippen LogP contribution < -0.4 is 0 Å². The molecule has 1 aliphatic rings. The lowest BCUT2D eigenvalue weighted by atomic mass is 10.1. The molecule has 1 aliphatic heterocycles. The molecule has 0 spiro atoms. The Balaban J connectivity index is 1.64. The first-order valence-corrected chi connectivity index (χ1v) is 7.01. The van der Waals surface area contributed by atoms with E-state index in [1.165, 1.54) is 0 Å². The van der Waals surface area contributed by atoms with Gasteiger partial charge in [0.15, 0.2) is 0 Å². The Morgan fingerprint density at radius 1 is 1.24 bits per heavy atom. The van der Waals surface area contributed by atoms with E-state index in [1.54, 1.807) is 24.8 Å². The van der Waals surface area contributed by atoms with Gasteiger partial charge in [0.1, 0.15) is 6.10 Å². The van der Waals surface area contributed by atoms with E-state index in [4.69, 9.17) is 4.74 Å². The van der Waals surface area contributed by atoms with Crippen molar-refractivity contribution in [3.05, 3.63) is 60.2 Å². The van der Waals surface area contributed by atoms with Gasteiger partial charge >= 0.3 is 0 Å². The summed E-state index contributed by atoms with van der Waals surface area (Å²) in [5, 5.41) is 0. The molecule has 1 fully saturated rings. The number of carbonyl (C=O) groups excluding carboxylic acids is 1. The fourth-order valence-electron chi connectivity index (χ4n) is 2.44. The molecule has 3 rings (SSSR count). The molecular formula is C16H17N3O2. The van der Waals surface area contributed by atoms with Crippen LogP contribution in [0.4, 0.5) is 0 Å². The van der Waals surface area contributed by atoms with Gasteiger partial charge in [0.2, 0.25) is 5.91 Å². The molecule has 108 valence electrons. The molecular weight excluding hydrogens is 266 g/mol. The Morgan fingerprint density at radius 2 is 2.10 bits per heavy atom. The van der Waals surface area contributed by atoms with Gasteiger partial charge in [-0.1, -0.05) is 6.07 Å². The summed E-state index contributed by atoms with van der Waals surface area (Å²) in [6.07, 6.45) is 7.25. The lowest BCUT2D eigenvalue weighted by Gasteiger charge is -2.33. The van der Waals surface area contributed by atoms with Gasteiger partial charge in [0.25, 0.3) is 0 Å². The fraction of sp³-hybridized carbons (Fsp3) is 0.312. The van der Waals surface area contributed by atoms with Crippen molar-refractivity contribution in [3.8, 4) is 0 Å². The molecule has 0 N–H and O–H groups in total. The molecule has 2 aromatic rings. The van der Waals surface area contributed by atoms with Gasteiger partial charge in [-0.2, -0.15) is 0 Å². The van der Waals surface area contributed by atoms with Crippen LogP contribution in [-0.2, 0) is 16.0 Å². The van der Waals surface area contributed by atoms with Crippen molar-refractivity contribution in [1.29, 1.82) is 0 Å². The van der Waals surface area contributed by atoms with E-state index in [0.717, 1.165) is 11.1 Å². The molecule has 0 bridgehead atoms. The highest BCUT2D eigenvalue weighted by Gasteiger charge is 2.25. The van der Waals surface area contributed by atoms with Crippen LogP contribution in [0, 0.1) is 0 Å². The number of hydrogen-bond donors (Lipinski definition) is 0. The minimum absolute atomic E-state index is 0.0698. The quantitative estimate of drug-likeness (QED) is 0.859. The van der Waals surface area contributed by atoms with Gasteiger partial charge < -0.3 is 9.64 Å². The van der Waals surface area contributed by atoms with E-state index in [2.05, 4.69) is 9.97 Å². The molecule has 1 atom stereocenters. The molecule has 3 heterocycles. The van der Waals surface area contributed by atoms with Crippen molar-refractivity contribution in [3.63, 3.8) is 0 Å². The number of morpholine rings is 1. The van der Waals surface area contributed by atoms with Gasteiger partial charge in [0.05, 0.1) is 19.6 Å². The number of aromatic nitrogens is 2. The van der Waals surface area contributed by atoms with Crippen molar-refractivity contribution in [2.75, 3.05) is 19.7 Å². The van der Waals surface area contributed by atoms with Gasteiger partial charge in [-0.15, -0.1) is 0 Å². The minimum atomic E-state index is -0.0698. The summed E-state index contributed by atoms with van der Waals surface area (Å²) in [6.45, 7) is 1.79. The van der Waals surface area contributed by atoms with Gasteiger partial charge in [-0.25, -0.2) is 0 Å². The van der Waals surface area contributed by atoms with Crippen LogP contribution in [0.5, 0.6) is 0 Å². The van der Waals surface area contributed by atoms with Crippen molar-refractivity contribution in [2.45, 2.75) is 12.5 Å². The highest BCUT2D eigenvalue weighted by molar-refractivity contribution is 5.78. The number of pyridine rings is 2. The van der Waals surface area contributed by atoms with E-state index >= 15 is 0 Å². The Labute approximate surface area is 123 Å². The van der Waals surface area contributed by atoms with E-state index in [1.807, 2.05) is 29.2 Å². The van der Waals surface area contributed by atoms with Crippen LogP contribution in [0.15, 0.2) is 49.1 Å². The normalized spacial score (nSPS) is 18.5. The molecule has 21 heavy (non-hydrogen) atoms. The fourth-order valence-corrected chi connectivity index (χ4v) is 2.44. The molecule has 1 saturated heterocycles. The third-order valence-corrected chi connectivity index (χ3v) is 3.58. The molecule has 0 unspecified atom stereocenters. The average Bonchev–Trinajstić information content (AvgIpc) is 2.57. The van der Waals surface area contributed by atoms with E-state index in [9.17, 15) is 4.79 Å². The van der Waals surface area contributed by atoms with E-state index < -0.39 is 0 Å². The average molecular weight is 283 g/mol. The van der Waals surface area contributed by atoms with Crippen LogP contribution in [0.25, 0.3) is 0 Å². The first-order chi connectivity index (χ1) is 10.3. The lowest BCUT2D eigenvalue weighted by Crippen LogP contribution is -2.43. The van der Waals surface area contributed by atoms with Crippen LogP contribution in [-0.4, -0.2) is 40.5 Å².